The summed E-state index contributed by atoms with van der Waals surface area (Å²) in [4.78, 5) is 35.3. The lowest BCUT2D eigenvalue weighted by Gasteiger charge is -2.10. The number of nitrogens with one attached hydrogen (secondary N) is 4. The molecule has 0 aliphatic rings. The Morgan fingerprint density at radius 2 is 1.58 bits per heavy atom. The fraction of sp³-hybridized carbons (Fsp3) is 0.167. The number of ether oxygens (including phenoxy) is 1. The van der Waals surface area contributed by atoms with Gasteiger partial charge in [-0.1, -0.05) is 17.7 Å². The normalized spacial score (nSPS) is 9.77. The van der Waals surface area contributed by atoms with Crippen LogP contribution >= 0.6 is 0 Å². The van der Waals surface area contributed by atoms with Crippen molar-refractivity contribution in [2.24, 2.45) is 0 Å². The van der Waals surface area contributed by atoms with Crippen LogP contribution in [0.2, 0.25) is 0 Å². The van der Waals surface area contributed by atoms with Crippen LogP contribution in [-0.2, 0) is 4.79 Å². The zero-order valence-electron chi connectivity index (χ0n) is 14.5. The molecule has 0 aromatic heterocycles. The number of urea groups is 1. The number of aryl methyl sites for hydroxylation is 1. The molecular weight excluding hydrogens is 336 g/mol. The summed E-state index contributed by atoms with van der Waals surface area (Å²) < 4.78 is 5.02. The largest absolute Gasteiger partial charge is 0.497 e. The lowest BCUT2D eigenvalue weighted by atomic mass is 10.1. The molecule has 4 amide bonds. The Morgan fingerprint density at radius 3 is 2.19 bits per heavy atom. The summed E-state index contributed by atoms with van der Waals surface area (Å²) in [6, 6.07) is 13.0. The van der Waals surface area contributed by atoms with Gasteiger partial charge in [-0.05, 0) is 43.3 Å². The smallest absolute Gasteiger partial charge is 0.337 e. The first-order chi connectivity index (χ1) is 12.5. The Balaban J connectivity index is 1.71. The summed E-state index contributed by atoms with van der Waals surface area (Å²) >= 11 is 0. The predicted octanol–water partition coefficient (Wildman–Crippen LogP) is 1.59. The maximum atomic E-state index is 11.9. The number of methoxy groups -OCH3 is 1. The second kappa shape index (κ2) is 9.07. The third-order valence-corrected chi connectivity index (χ3v) is 3.39. The lowest BCUT2D eigenvalue weighted by Crippen LogP contribution is -2.47. The van der Waals surface area contributed by atoms with Crippen molar-refractivity contribution < 1.29 is 19.1 Å². The van der Waals surface area contributed by atoms with Crippen LogP contribution in [0, 0.1) is 6.92 Å². The third kappa shape index (κ3) is 5.82. The second-order valence-corrected chi connectivity index (χ2v) is 5.40. The fourth-order valence-corrected chi connectivity index (χ4v) is 1.97. The average Bonchev–Trinajstić information content (AvgIpc) is 2.65. The number of hydrogen-bond acceptors (Lipinski definition) is 4. The molecule has 0 unspecified atom stereocenters. The van der Waals surface area contributed by atoms with Crippen LogP contribution < -0.4 is 26.2 Å². The molecule has 0 saturated heterocycles. The van der Waals surface area contributed by atoms with E-state index in [1.165, 1.54) is 0 Å². The van der Waals surface area contributed by atoms with Gasteiger partial charge in [-0.25, -0.2) is 10.2 Å². The van der Waals surface area contributed by atoms with Crippen molar-refractivity contribution in [1.82, 2.24) is 16.2 Å². The summed E-state index contributed by atoms with van der Waals surface area (Å²) in [5, 5.41) is 5.00. The number of hydrogen-bond donors (Lipinski definition) is 4. The molecule has 2 aromatic carbocycles. The average molecular weight is 356 g/mol. The van der Waals surface area contributed by atoms with Gasteiger partial charge in [0.1, 0.15) is 5.75 Å². The summed E-state index contributed by atoms with van der Waals surface area (Å²) in [6.07, 6.45) is 0. The maximum absolute atomic E-state index is 11.9. The summed E-state index contributed by atoms with van der Waals surface area (Å²) in [7, 11) is 1.54. The van der Waals surface area contributed by atoms with Gasteiger partial charge in [0, 0.05) is 11.3 Å². The van der Waals surface area contributed by atoms with Crippen LogP contribution in [0.1, 0.15) is 15.9 Å². The summed E-state index contributed by atoms with van der Waals surface area (Å²) in [5.41, 5.74) is 6.42. The van der Waals surface area contributed by atoms with Gasteiger partial charge in [-0.15, -0.1) is 0 Å². The van der Waals surface area contributed by atoms with E-state index in [4.69, 9.17) is 4.74 Å². The minimum atomic E-state index is -0.617. The van der Waals surface area contributed by atoms with Gasteiger partial charge < -0.3 is 15.4 Å². The van der Waals surface area contributed by atoms with Gasteiger partial charge in [-0.3, -0.25) is 15.0 Å². The van der Waals surface area contributed by atoms with Crippen molar-refractivity contribution in [3.05, 3.63) is 59.7 Å². The van der Waals surface area contributed by atoms with Crippen molar-refractivity contribution in [1.29, 1.82) is 0 Å². The van der Waals surface area contributed by atoms with Crippen molar-refractivity contribution in [3.8, 4) is 5.75 Å². The van der Waals surface area contributed by atoms with E-state index in [-0.39, 0.29) is 12.5 Å². The maximum Gasteiger partial charge on any atom is 0.337 e. The highest BCUT2D eigenvalue weighted by molar-refractivity contribution is 5.97. The minimum absolute atomic E-state index is 0.268. The van der Waals surface area contributed by atoms with E-state index in [0.717, 1.165) is 5.56 Å². The van der Waals surface area contributed by atoms with Crippen LogP contribution in [-0.4, -0.2) is 31.5 Å². The van der Waals surface area contributed by atoms with Crippen LogP contribution in [0.15, 0.2) is 48.5 Å². The van der Waals surface area contributed by atoms with E-state index < -0.39 is 11.9 Å². The number of carbonyl (C=O) groups excluding carboxylic acids is 3. The molecule has 0 aliphatic carbocycles. The van der Waals surface area contributed by atoms with Gasteiger partial charge in [0.2, 0.25) is 0 Å². The number of rotatable bonds is 5. The van der Waals surface area contributed by atoms with E-state index in [1.807, 2.05) is 6.92 Å². The van der Waals surface area contributed by atoms with E-state index in [2.05, 4.69) is 21.5 Å². The summed E-state index contributed by atoms with van der Waals surface area (Å²) in [5.74, 6) is -0.272. The van der Waals surface area contributed by atoms with E-state index in [1.54, 1.807) is 55.6 Å². The molecule has 0 atom stereocenters. The molecule has 0 fully saturated rings. The molecule has 26 heavy (non-hydrogen) atoms. The number of benzene rings is 2. The van der Waals surface area contributed by atoms with Gasteiger partial charge in [0.15, 0.2) is 0 Å². The molecule has 2 aromatic rings. The molecule has 0 radical (unpaired) electrons. The molecule has 0 aliphatic heterocycles. The minimum Gasteiger partial charge on any atom is -0.497 e. The number of carbonyl (C=O) groups is 3. The standard InChI is InChI=1S/C18H20N4O4/c1-12-3-5-13(6-4-12)17(24)19-11-16(23)21-22-18(25)20-14-7-9-15(26-2)10-8-14/h3-10H,11H2,1-2H3,(H,19,24)(H,21,23)(H2,20,22,25). The molecular formula is C18H20N4O4. The second-order valence-electron chi connectivity index (χ2n) is 5.40. The highest BCUT2D eigenvalue weighted by atomic mass is 16.5. The lowest BCUT2D eigenvalue weighted by molar-refractivity contribution is -0.120. The molecule has 0 spiro atoms. The molecule has 4 N–H and O–H groups in total. The molecule has 0 bridgehead atoms. The van der Waals surface area contributed by atoms with Crippen LogP contribution in [0.25, 0.3) is 0 Å². The molecule has 136 valence electrons. The van der Waals surface area contributed by atoms with Crippen LogP contribution in [0.3, 0.4) is 0 Å². The third-order valence-electron chi connectivity index (χ3n) is 3.39. The quantitative estimate of drug-likeness (QED) is 0.610. The zero-order chi connectivity index (χ0) is 18.9. The first-order valence-electron chi connectivity index (χ1n) is 7.82. The van der Waals surface area contributed by atoms with E-state index in [0.29, 0.717) is 17.0 Å². The van der Waals surface area contributed by atoms with Crippen molar-refractivity contribution in [2.75, 3.05) is 19.0 Å². The first kappa shape index (κ1) is 18.8. The number of hydrazine groups is 1. The Bertz CT molecular complexity index is 773. The molecule has 8 heteroatoms. The highest BCUT2D eigenvalue weighted by Crippen LogP contribution is 2.14. The summed E-state index contributed by atoms with van der Waals surface area (Å²) in [6.45, 7) is 1.65. The van der Waals surface area contributed by atoms with Crippen molar-refractivity contribution >= 4 is 23.5 Å². The van der Waals surface area contributed by atoms with E-state index in [9.17, 15) is 14.4 Å². The van der Waals surface area contributed by atoms with Crippen LogP contribution in [0.4, 0.5) is 10.5 Å². The Labute approximate surface area is 150 Å². The number of amides is 4. The van der Waals surface area contributed by atoms with Gasteiger partial charge in [0.05, 0.1) is 13.7 Å². The number of anilines is 1. The van der Waals surface area contributed by atoms with Gasteiger partial charge >= 0.3 is 6.03 Å². The van der Waals surface area contributed by atoms with Gasteiger partial charge in [-0.2, -0.15) is 0 Å². The Hall–Kier alpha value is -3.55. The fourth-order valence-electron chi connectivity index (χ4n) is 1.97. The van der Waals surface area contributed by atoms with Crippen molar-refractivity contribution in [2.45, 2.75) is 6.92 Å². The first-order valence-corrected chi connectivity index (χ1v) is 7.82. The molecule has 0 heterocycles. The van der Waals surface area contributed by atoms with Crippen molar-refractivity contribution in [3.63, 3.8) is 0 Å². The van der Waals surface area contributed by atoms with Crippen LogP contribution in [0.5, 0.6) is 5.75 Å². The zero-order valence-corrected chi connectivity index (χ0v) is 14.5. The SMILES string of the molecule is COc1ccc(NC(=O)NNC(=O)CNC(=O)c2ccc(C)cc2)cc1. The monoisotopic (exact) mass is 356 g/mol. The topological polar surface area (TPSA) is 109 Å². The van der Waals surface area contributed by atoms with E-state index >= 15 is 0 Å². The molecule has 2 rings (SSSR count). The van der Waals surface area contributed by atoms with Gasteiger partial charge in [0.25, 0.3) is 11.8 Å². The predicted molar refractivity (Wildman–Crippen MR) is 96.8 cm³/mol. The molecule has 8 nitrogen and oxygen atoms in total. The Kier molecular flexibility index (Phi) is 6.55. The Morgan fingerprint density at radius 1 is 0.923 bits per heavy atom. The highest BCUT2D eigenvalue weighted by Gasteiger charge is 2.09. The molecule has 0 saturated carbocycles.